The molecule has 1 amide bonds. The van der Waals surface area contributed by atoms with Gasteiger partial charge < -0.3 is 14.8 Å². The van der Waals surface area contributed by atoms with Crippen molar-refractivity contribution in [1.29, 1.82) is 0 Å². The predicted octanol–water partition coefficient (Wildman–Crippen LogP) is 3.18. The van der Waals surface area contributed by atoms with Gasteiger partial charge in [0.2, 0.25) is 5.91 Å². The van der Waals surface area contributed by atoms with Crippen LogP contribution in [-0.4, -0.2) is 34.3 Å². The molecule has 0 aromatic heterocycles. The number of carbonyl (C=O) groups excluding carboxylic acids is 1. The van der Waals surface area contributed by atoms with Crippen LogP contribution in [-0.2, 0) is 14.8 Å². The molecule has 0 unspecified atom stereocenters. The molecule has 0 aliphatic carbocycles. The highest BCUT2D eigenvalue weighted by molar-refractivity contribution is 7.99. The minimum absolute atomic E-state index is 0.0431. The van der Waals surface area contributed by atoms with Crippen molar-refractivity contribution in [3.8, 4) is 11.5 Å². The number of thioether (sulfide) groups is 1. The van der Waals surface area contributed by atoms with Crippen molar-refractivity contribution in [3.63, 3.8) is 0 Å². The summed E-state index contributed by atoms with van der Waals surface area (Å²) in [7, 11) is -0.945. The van der Waals surface area contributed by atoms with Crippen LogP contribution in [0.1, 0.15) is 6.92 Å². The number of nitrogens with one attached hydrogen (secondary N) is 2. The summed E-state index contributed by atoms with van der Waals surface area (Å²) in [6, 6.07) is 9.52. The van der Waals surface area contributed by atoms with Crippen LogP contribution in [0.4, 0.5) is 11.4 Å². The van der Waals surface area contributed by atoms with Crippen LogP contribution in [0.3, 0.4) is 0 Å². The maximum absolute atomic E-state index is 12.9. The molecule has 1 heterocycles. The maximum Gasteiger partial charge on any atom is 0.262 e. The molecule has 2 aromatic carbocycles. The molecule has 3 rings (SSSR count). The van der Waals surface area contributed by atoms with E-state index < -0.39 is 10.0 Å². The molecule has 1 atom stereocenters. The Bertz CT molecular complexity index is 976. The summed E-state index contributed by atoms with van der Waals surface area (Å²) >= 11 is 1.52. The molecule has 0 saturated carbocycles. The van der Waals surface area contributed by atoms with Crippen molar-refractivity contribution >= 4 is 39.1 Å². The Morgan fingerprint density at radius 1 is 1.15 bits per heavy atom. The second-order valence-corrected chi connectivity index (χ2v) is 8.78. The van der Waals surface area contributed by atoms with Crippen LogP contribution in [0.25, 0.3) is 0 Å². The lowest BCUT2D eigenvalue weighted by molar-refractivity contribution is -0.118. The highest BCUT2D eigenvalue weighted by atomic mass is 32.2. The van der Waals surface area contributed by atoms with Gasteiger partial charge in [-0.05, 0) is 30.3 Å². The van der Waals surface area contributed by atoms with Crippen LogP contribution in [0.15, 0.2) is 46.2 Å². The van der Waals surface area contributed by atoms with E-state index in [0.717, 1.165) is 4.90 Å². The van der Waals surface area contributed by atoms with Gasteiger partial charge in [-0.15, -0.1) is 11.8 Å². The third kappa shape index (κ3) is 4.14. The number of hydrogen-bond acceptors (Lipinski definition) is 6. The molecule has 0 radical (unpaired) electrons. The first-order valence-corrected chi connectivity index (χ1v) is 10.6. The van der Waals surface area contributed by atoms with Gasteiger partial charge in [-0.2, -0.15) is 0 Å². The van der Waals surface area contributed by atoms with Gasteiger partial charge >= 0.3 is 0 Å². The number of fused-ring (bicyclic) bond motifs is 1. The number of rotatable bonds is 5. The molecule has 2 N–H and O–H groups in total. The minimum Gasteiger partial charge on any atom is -0.497 e. The van der Waals surface area contributed by atoms with Gasteiger partial charge in [0.15, 0.2) is 0 Å². The van der Waals surface area contributed by atoms with Gasteiger partial charge in [0.05, 0.1) is 30.5 Å². The van der Waals surface area contributed by atoms with Crippen molar-refractivity contribution < 1.29 is 22.7 Å². The van der Waals surface area contributed by atoms with Gasteiger partial charge in [-0.25, -0.2) is 8.42 Å². The number of sulfonamides is 1. The summed E-state index contributed by atoms with van der Waals surface area (Å²) in [5.74, 6) is 1.23. The number of benzene rings is 2. The third-order valence-electron chi connectivity index (χ3n) is 4.11. The molecule has 0 fully saturated rings. The number of anilines is 2. The normalized spacial score (nSPS) is 16.7. The Balaban J connectivity index is 1.95. The summed E-state index contributed by atoms with van der Waals surface area (Å²) in [5.41, 5.74) is 0.758. The van der Waals surface area contributed by atoms with Crippen molar-refractivity contribution in [2.24, 2.45) is 5.92 Å². The molecule has 1 aliphatic heterocycles. The number of methoxy groups -OCH3 is 2. The third-order valence-corrected chi connectivity index (χ3v) is 6.80. The first-order chi connectivity index (χ1) is 12.8. The van der Waals surface area contributed by atoms with Crippen molar-refractivity contribution in [2.45, 2.75) is 16.7 Å². The molecule has 0 spiro atoms. The van der Waals surface area contributed by atoms with Gasteiger partial charge in [0, 0.05) is 22.6 Å². The number of carbonyl (C=O) groups is 1. The number of amides is 1. The smallest absolute Gasteiger partial charge is 0.262 e. The predicted molar refractivity (Wildman–Crippen MR) is 105 cm³/mol. The lowest BCUT2D eigenvalue weighted by atomic mass is 10.2. The second-order valence-electron chi connectivity index (χ2n) is 6.03. The monoisotopic (exact) mass is 408 g/mol. The SMILES string of the molecule is COc1ccc(OC)c(NS(=O)(=O)c2ccc3c(c2)NC(=O)[C@H](C)CS3)c1. The number of hydrogen-bond donors (Lipinski definition) is 2. The largest absolute Gasteiger partial charge is 0.497 e. The highest BCUT2D eigenvalue weighted by Gasteiger charge is 2.23. The summed E-state index contributed by atoms with van der Waals surface area (Å²) < 4.78 is 38.6. The van der Waals surface area contributed by atoms with Crippen LogP contribution in [0.5, 0.6) is 11.5 Å². The van der Waals surface area contributed by atoms with E-state index in [4.69, 9.17) is 9.47 Å². The lowest BCUT2D eigenvalue weighted by Gasteiger charge is -2.14. The van der Waals surface area contributed by atoms with E-state index in [0.29, 0.717) is 22.9 Å². The summed E-state index contributed by atoms with van der Waals surface area (Å²) in [6.07, 6.45) is 0. The average Bonchev–Trinajstić information content (AvgIpc) is 2.79. The van der Waals surface area contributed by atoms with Gasteiger partial charge in [-0.3, -0.25) is 9.52 Å². The Kier molecular flexibility index (Phi) is 5.52. The Labute approximate surface area is 162 Å². The first kappa shape index (κ1) is 19.4. The van der Waals surface area contributed by atoms with Crippen LogP contribution in [0, 0.1) is 5.92 Å². The zero-order chi connectivity index (χ0) is 19.6. The van der Waals surface area contributed by atoms with Gasteiger partial charge in [0.1, 0.15) is 11.5 Å². The van der Waals surface area contributed by atoms with Gasteiger partial charge in [-0.1, -0.05) is 6.92 Å². The molecule has 144 valence electrons. The fraction of sp³-hybridized carbons (Fsp3) is 0.278. The molecule has 0 bridgehead atoms. The Morgan fingerprint density at radius 2 is 1.93 bits per heavy atom. The molecule has 1 aliphatic rings. The molecule has 7 nitrogen and oxygen atoms in total. The summed E-state index contributed by atoms with van der Waals surface area (Å²) in [4.78, 5) is 12.9. The molecule has 27 heavy (non-hydrogen) atoms. The fourth-order valence-electron chi connectivity index (χ4n) is 2.54. The summed E-state index contributed by atoms with van der Waals surface area (Å²) in [5, 5.41) is 2.79. The second kappa shape index (κ2) is 7.69. The zero-order valence-corrected chi connectivity index (χ0v) is 16.7. The summed E-state index contributed by atoms with van der Waals surface area (Å²) in [6.45, 7) is 1.84. The van der Waals surface area contributed by atoms with Crippen molar-refractivity contribution in [3.05, 3.63) is 36.4 Å². The maximum atomic E-state index is 12.9. The first-order valence-electron chi connectivity index (χ1n) is 8.16. The van der Waals surface area contributed by atoms with Crippen LogP contribution in [0.2, 0.25) is 0 Å². The molecular formula is C18H20N2O5S2. The quantitative estimate of drug-likeness (QED) is 0.789. The van der Waals surface area contributed by atoms with Crippen LogP contribution >= 0.6 is 11.8 Å². The molecule has 0 saturated heterocycles. The van der Waals surface area contributed by atoms with Crippen LogP contribution < -0.4 is 19.5 Å². The highest BCUT2D eigenvalue weighted by Crippen LogP contribution is 2.35. The molecule has 9 heteroatoms. The fourth-order valence-corrected chi connectivity index (χ4v) is 4.64. The van der Waals surface area contributed by atoms with Crippen molar-refractivity contribution in [2.75, 3.05) is 30.0 Å². The van der Waals surface area contributed by atoms with E-state index in [1.807, 2.05) is 6.92 Å². The standard InChI is InChI=1S/C18H20N2O5S2/c1-11-10-26-17-7-5-13(9-15(17)19-18(11)21)27(22,23)20-14-8-12(24-2)4-6-16(14)25-3/h4-9,11,20H,10H2,1-3H3,(H,19,21)/t11-/m1/s1. The van der Waals surface area contributed by atoms with E-state index in [1.54, 1.807) is 24.3 Å². The molecular weight excluding hydrogens is 388 g/mol. The topological polar surface area (TPSA) is 93.7 Å². The zero-order valence-electron chi connectivity index (χ0n) is 15.1. The van der Waals surface area contributed by atoms with E-state index in [2.05, 4.69) is 10.0 Å². The van der Waals surface area contributed by atoms with E-state index in [-0.39, 0.29) is 22.4 Å². The van der Waals surface area contributed by atoms with E-state index >= 15 is 0 Å². The van der Waals surface area contributed by atoms with Crippen molar-refractivity contribution in [1.82, 2.24) is 0 Å². The van der Waals surface area contributed by atoms with E-state index in [1.165, 1.54) is 38.1 Å². The Morgan fingerprint density at radius 3 is 2.63 bits per heavy atom. The average molecular weight is 409 g/mol. The van der Waals surface area contributed by atoms with E-state index in [9.17, 15) is 13.2 Å². The molecule has 2 aromatic rings. The minimum atomic E-state index is -3.89. The van der Waals surface area contributed by atoms with Gasteiger partial charge in [0.25, 0.3) is 10.0 Å². The lowest BCUT2D eigenvalue weighted by Crippen LogP contribution is -2.20. The Hall–Kier alpha value is -2.39. The number of ether oxygens (including phenoxy) is 2.